The summed E-state index contributed by atoms with van der Waals surface area (Å²) in [7, 11) is 0. The standard InChI is InChI=1S/C7H9Cl2N5O/c8-5-12-6(9)14-7(13-5)11-3-1-2-4(10)15/h1-3H2,(H2,10,15)(H,11,12,13,14). The van der Waals surface area contributed by atoms with Crippen LogP contribution >= 0.6 is 23.2 Å². The molecule has 1 aromatic heterocycles. The second-order valence-electron chi connectivity index (χ2n) is 2.69. The van der Waals surface area contributed by atoms with Gasteiger partial charge in [-0.15, -0.1) is 0 Å². The molecule has 0 bridgehead atoms. The molecule has 8 heteroatoms. The van der Waals surface area contributed by atoms with Crippen molar-refractivity contribution in [1.82, 2.24) is 15.0 Å². The van der Waals surface area contributed by atoms with Gasteiger partial charge in [0.2, 0.25) is 22.4 Å². The van der Waals surface area contributed by atoms with Gasteiger partial charge in [0.25, 0.3) is 0 Å². The van der Waals surface area contributed by atoms with Gasteiger partial charge in [0.15, 0.2) is 0 Å². The molecule has 0 atom stereocenters. The maximum absolute atomic E-state index is 10.4. The number of hydrogen-bond donors (Lipinski definition) is 2. The van der Waals surface area contributed by atoms with Gasteiger partial charge in [-0.3, -0.25) is 4.79 Å². The van der Waals surface area contributed by atoms with Crippen molar-refractivity contribution < 1.29 is 4.79 Å². The number of halogens is 2. The SMILES string of the molecule is NC(=O)CCCNc1nc(Cl)nc(Cl)n1. The summed E-state index contributed by atoms with van der Waals surface area (Å²) in [4.78, 5) is 21.6. The molecule has 3 N–H and O–H groups in total. The van der Waals surface area contributed by atoms with E-state index in [1.807, 2.05) is 0 Å². The van der Waals surface area contributed by atoms with Crippen LogP contribution in [-0.2, 0) is 4.79 Å². The van der Waals surface area contributed by atoms with Gasteiger partial charge in [-0.2, -0.15) is 15.0 Å². The topological polar surface area (TPSA) is 93.8 Å². The van der Waals surface area contributed by atoms with E-state index in [-0.39, 0.29) is 22.4 Å². The van der Waals surface area contributed by atoms with Crippen LogP contribution in [0.2, 0.25) is 10.6 Å². The molecule has 0 fully saturated rings. The molecule has 6 nitrogen and oxygen atoms in total. The summed E-state index contributed by atoms with van der Waals surface area (Å²) in [6.07, 6.45) is 0.899. The minimum absolute atomic E-state index is 0.0207. The van der Waals surface area contributed by atoms with Crippen molar-refractivity contribution in [3.8, 4) is 0 Å². The molecule has 15 heavy (non-hydrogen) atoms. The Morgan fingerprint density at radius 2 is 1.87 bits per heavy atom. The number of anilines is 1. The molecule has 1 aromatic rings. The number of nitrogens with two attached hydrogens (primary N) is 1. The highest BCUT2D eigenvalue weighted by Crippen LogP contribution is 2.09. The predicted octanol–water partition coefficient (Wildman–Crippen LogP) is 0.856. The van der Waals surface area contributed by atoms with E-state index in [0.29, 0.717) is 19.4 Å². The average Bonchev–Trinajstić information content (AvgIpc) is 2.10. The average molecular weight is 250 g/mol. The van der Waals surface area contributed by atoms with Crippen LogP contribution in [0.25, 0.3) is 0 Å². The predicted molar refractivity (Wildman–Crippen MR) is 56.8 cm³/mol. The number of amides is 1. The highest BCUT2D eigenvalue weighted by molar-refractivity contribution is 6.31. The van der Waals surface area contributed by atoms with Crippen molar-refractivity contribution in [2.45, 2.75) is 12.8 Å². The second-order valence-corrected chi connectivity index (χ2v) is 3.37. The molecule has 82 valence electrons. The highest BCUT2D eigenvalue weighted by atomic mass is 35.5. The summed E-state index contributed by atoms with van der Waals surface area (Å²) in [5, 5.41) is 2.88. The number of aromatic nitrogens is 3. The smallest absolute Gasteiger partial charge is 0.228 e. The van der Waals surface area contributed by atoms with Gasteiger partial charge in [0.05, 0.1) is 0 Å². The summed E-state index contributed by atoms with van der Waals surface area (Å²) < 4.78 is 0. The number of rotatable bonds is 5. The van der Waals surface area contributed by atoms with Crippen molar-refractivity contribution in [2.75, 3.05) is 11.9 Å². The van der Waals surface area contributed by atoms with Crippen LogP contribution in [0.4, 0.5) is 5.95 Å². The highest BCUT2D eigenvalue weighted by Gasteiger charge is 2.02. The number of nitrogens with one attached hydrogen (secondary N) is 1. The van der Waals surface area contributed by atoms with Crippen molar-refractivity contribution in [3.63, 3.8) is 0 Å². The van der Waals surface area contributed by atoms with Crippen LogP contribution < -0.4 is 11.1 Å². The Labute approximate surface area is 96.2 Å². The zero-order valence-electron chi connectivity index (χ0n) is 7.70. The summed E-state index contributed by atoms with van der Waals surface area (Å²) in [5.41, 5.74) is 4.97. The Morgan fingerprint density at radius 3 is 2.40 bits per heavy atom. The second kappa shape index (κ2) is 5.67. The normalized spacial score (nSPS) is 10.0. The molecule has 0 aliphatic rings. The van der Waals surface area contributed by atoms with Gasteiger partial charge >= 0.3 is 0 Å². The fourth-order valence-corrected chi connectivity index (χ4v) is 1.23. The lowest BCUT2D eigenvalue weighted by Gasteiger charge is -2.03. The largest absolute Gasteiger partial charge is 0.370 e. The van der Waals surface area contributed by atoms with Crippen molar-refractivity contribution in [1.29, 1.82) is 0 Å². The van der Waals surface area contributed by atoms with E-state index in [0.717, 1.165) is 0 Å². The van der Waals surface area contributed by atoms with Gasteiger partial charge < -0.3 is 11.1 Å². The van der Waals surface area contributed by atoms with Gasteiger partial charge in [0, 0.05) is 13.0 Å². The molecule has 0 saturated carbocycles. The fourth-order valence-electron chi connectivity index (χ4n) is 0.868. The van der Waals surface area contributed by atoms with Gasteiger partial charge in [-0.05, 0) is 29.6 Å². The lowest BCUT2D eigenvalue weighted by molar-refractivity contribution is -0.118. The zero-order valence-corrected chi connectivity index (χ0v) is 9.22. The Balaban J connectivity index is 2.40. The van der Waals surface area contributed by atoms with E-state index in [1.54, 1.807) is 0 Å². The Bertz CT molecular complexity index is 339. The Morgan fingerprint density at radius 1 is 1.27 bits per heavy atom. The third kappa shape index (κ3) is 4.75. The van der Waals surface area contributed by atoms with Gasteiger partial charge in [-0.1, -0.05) is 0 Å². The molecule has 1 amide bonds. The maximum atomic E-state index is 10.4. The number of carbonyl (C=O) groups is 1. The van der Waals surface area contributed by atoms with Gasteiger partial charge in [-0.25, -0.2) is 0 Å². The Hall–Kier alpha value is -1.14. The monoisotopic (exact) mass is 249 g/mol. The first-order valence-corrected chi connectivity index (χ1v) is 4.93. The van der Waals surface area contributed by atoms with E-state index in [2.05, 4.69) is 20.3 Å². The van der Waals surface area contributed by atoms with Crippen LogP contribution in [0.5, 0.6) is 0 Å². The van der Waals surface area contributed by atoms with Crippen LogP contribution in [0, 0.1) is 0 Å². The summed E-state index contributed by atoms with van der Waals surface area (Å²) in [6.45, 7) is 0.514. The van der Waals surface area contributed by atoms with Crippen LogP contribution in [-0.4, -0.2) is 27.4 Å². The molecule has 0 unspecified atom stereocenters. The lowest BCUT2D eigenvalue weighted by Crippen LogP contribution is -2.13. The first kappa shape index (κ1) is 11.9. The van der Waals surface area contributed by atoms with Crippen LogP contribution in [0.3, 0.4) is 0 Å². The lowest BCUT2D eigenvalue weighted by atomic mass is 10.3. The van der Waals surface area contributed by atoms with E-state index >= 15 is 0 Å². The molecule has 0 saturated heterocycles. The van der Waals surface area contributed by atoms with Crippen LogP contribution in [0.1, 0.15) is 12.8 Å². The first-order valence-electron chi connectivity index (χ1n) is 4.17. The molecular weight excluding hydrogens is 241 g/mol. The summed E-state index contributed by atoms with van der Waals surface area (Å²) in [5.74, 6) is -0.0621. The molecule has 0 aromatic carbocycles. The number of carbonyl (C=O) groups excluding carboxylic acids is 1. The molecule has 0 aliphatic carbocycles. The minimum Gasteiger partial charge on any atom is -0.370 e. The van der Waals surface area contributed by atoms with E-state index < -0.39 is 0 Å². The van der Waals surface area contributed by atoms with Crippen molar-refractivity contribution in [2.24, 2.45) is 5.73 Å². The number of primary amides is 1. The number of nitrogens with zero attached hydrogens (tertiary/aromatic N) is 3. The van der Waals surface area contributed by atoms with E-state index in [1.165, 1.54) is 0 Å². The quantitative estimate of drug-likeness (QED) is 0.755. The van der Waals surface area contributed by atoms with Crippen molar-refractivity contribution in [3.05, 3.63) is 10.6 Å². The van der Waals surface area contributed by atoms with Gasteiger partial charge in [0.1, 0.15) is 0 Å². The maximum Gasteiger partial charge on any atom is 0.228 e. The Kier molecular flexibility index (Phi) is 4.51. The summed E-state index contributed by atoms with van der Waals surface area (Å²) in [6, 6.07) is 0. The third-order valence-electron chi connectivity index (χ3n) is 1.46. The first-order chi connectivity index (χ1) is 7.08. The van der Waals surface area contributed by atoms with Crippen molar-refractivity contribution >= 4 is 35.1 Å². The molecule has 1 heterocycles. The zero-order chi connectivity index (χ0) is 11.3. The molecule has 0 radical (unpaired) electrons. The minimum atomic E-state index is -0.344. The van der Waals surface area contributed by atoms with Crippen LogP contribution in [0.15, 0.2) is 0 Å². The molecule has 0 spiro atoms. The fraction of sp³-hybridized carbons (Fsp3) is 0.429. The van der Waals surface area contributed by atoms with E-state index in [4.69, 9.17) is 28.9 Å². The molecule has 0 aliphatic heterocycles. The molecule has 1 rings (SSSR count). The number of hydrogen-bond acceptors (Lipinski definition) is 5. The molecular formula is C7H9Cl2N5O. The third-order valence-corrected chi connectivity index (χ3v) is 1.80. The van der Waals surface area contributed by atoms with E-state index in [9.17, 15) is 4.79 Å². The summed E-state index contributed by atoms with van der Waals surface area (Å²) >= 11 is 11.1.